The molecule has 3 aliphatic heterocycles. The van der Waals surface area contributed by atoms with Crippen molar-refractivity contribution >= 4 is 34.1 Å². The lowest BCUT2D eigenvalue weighted by Crippen LogP contribution is -2.54. The minimum Gasteiger partial charge on any atom is -0.465 e. The van der Waals surface area contributed by atoms with E-state index in [9.17, 15) is 14.7 Å². The molecule has 2 saturated heterocycles. The highest BCUT2D eigenvalue weighted by atomic mass is 16.5. The van der Waals surface area contributed by atoms with Gasteiger partial charge in [-0.1, -0.05) is 12.1 Å². The summed E-state index contributed by atoms with van der Waals surface area (Å²) in [4.78, 5) is 42.0. The van der Waals surface area contributed by atoms with Gasteiger partial charge in [-0.25, -0.2) is 4.79 Å². The lowest BCUT2D eigenvalue weighted by molar-refractivity contribution is -0.137. The highest BCUT2D eigenvalue weighted by Gasteiger charge is 2.72. The van der Waals surface area contributed by atoms with E-state index in [1.54, 1.807) is 26.4 Å². The normalized spacial score (nSPS) is 28.4. The number of aromatic nitrogens is 1. The fourth-order valence-electron chi connectivity index (χ4n) is 5.66. The number of methoxy groups -OCH3 is 1. The molecule has 182 valence electrons. The SMILES string of the molecule is COC12C(CO)C3=C(C(=O)C(C)=C(Nc4cccc5cnccc45)C3=O)N1CC1NC12.NC(=O)O. The van der Waals surface area contributed by atoms with Gasteiger partial charge in [0.05, 0.1) is 30.0 Å². The standard InChI is InChI=1S/C23H22N4O4.CH3NO2/c1-11-18(25-15-5-3-4-12-8-24-7-6-13(12)15)21(30)17-14(10-28)23(31-2)22-16(26-22)9-27(23)19(17)20(11)29;2-1(3)4/h3-8,14,16,22,25-26,28H,9-10H2,1-2H3;2H2,(H,3,4). The molecule has 1 aliphatic carbocycles. The fourth-order valence-corrected chi connectivity index (χ4v) is 5.66. The predicted octanol–water partition coefficient (Wildman–Crippen LogP) is 0.571. The number of benzene rings is 1. The number of anilines is 1. The van der Waals surface area contributed by atoms with Crippen molar-refractivity contribution in [3.63, 3.8) is 0 Å². The number of Topliss-reactive ketones (excluding diaryl/α,β-unsaturated/α-hetero) is 2. The maximum Gasteiger partial charge on any atom is 0.402 e. The van der Waals surface area contributed by atoms with Crippen molar-refractivity contribution in [2.75, 3.05) is 25.6 Å². The molecular weight excluding hydrogens is 454 g/mol. The molecule has 0 spiro atoms. The van der Waals surface area contributed by atoms with Crippen LogP contribution in [0.15, 0.2) is 59.2 Å². The number of amides is 1. The van der Waals surface area contributed by atoms with Crippen LogP contribution in [0.5, 0.6) is 0 Å². The average molecular weight is 479 g/mol. The van der Waals surface area contributed by atoms with Crippen LogP contribution in [0.1, 0.15) is 6.92 Å². The van der Waals surface area contributed by atoms with Crippen molar-refractivity contribution in [1.82, 2.24) is 15.2 Å². The summed E-state index contributed by atoms with van der Waals surface area (Å²) in [6.07, 6.45) is 2.11. The third kappa shape index (κ3) is 3.23. The maximum atomic E-state index is 13.7. The van der Waals surface area contributed by atoms with Gasteiger partial charge < -0.3 is 36.2 Å². The van der Waals surface area contributed by atoms with E-state index in [4.69, 9.17) is 14.6 Å². The molecule has 1 aromatic carbocycles. The van der Waals surface area contributed by atoms with E-state index in [-0.39, 0.29) is 36.0 Å². The Balaban J connectivity index is 0.000000591. The Kier molecular flexibility index (Phi) is 5.35. The smallest absolute Gasteiger partial charge is 0.402 e. The molecule has 4 aliphatic rings. The van der Waals surface area contributed by atoms with Gasteiger partial charge in [-0.3, -0.25) is 14.6 Å². The Bertz CT molecular complexity index is 1330. The summed E-state index contributed by atoms with van der Waals surface area (Å²) in [6, 6.07) is 7.76. The van der Waals surface area contributed by atoms with E-state index in [0.717, 1.165) is 16.5 Å². The van der Waals surface area contributed by atoms with E-state index < -0.39 is 17.7 Å². The number of fused-ring (bicyclic) bond motifs is 5. The van der Waals surface area contributed by atoms with E-state index >= 15 is 0 Å². The van der Waals surface area contributed by atoms with Crippen LogP contribution in [-0.2, 0) is 14.3 Å². The third-order valence-electron chi connectivity index (χ3n) is 7.16. The first-order chi connectivity index (χ1) is 16.8. The van der Waals surface area contributed by atoms with Crippen molar-refractivity contribution in [2.24, 2.45) is 11.7 Å². The largest absolute Gasteiger partial charge is 0.465 e. The summed E-state index contributed by atoms with van der Waals surface area (Å²) in [6.45, 7) is 1.98. The lowest BCUT2D eigenvalue weighted by atomic mass is 9.82. The number of aliphatic hydroxyl groups is 1. The Morgan fingerprint density at radius 2 is 2.09 bits per heavy atom. The van der Waals surface area contributed by atoms with Crippen molar-refractivity contribution in [2.45, 2.75) is 24.7 Å². The maximum absolute atomic E-state index is 13.7. The van der Waals surface area contributed by atoms with Crippen LogP contribution < -0.4 is 16.4 Å². The number of rotatable bonds is 4. The van der Waals surface area contributed by atoms with Crippen LogP contribution in [0.4, 0.5) is 10.5 Å². The summed E-state index contributed by atoms with van der Waals surface area (Å²) in [7, 11) is 1.58. The van der Waals surface area contributed by atoms with Gasteiger partial charge in [0.15, 0.2) is 5.72 Å². The molecule has 2 aromatic rings. The third-order valence-corrected chi connectivity index (χ3v) is 7.16. The second kappa shape index (κ2) is 8.15. The van der Waals surface area contributed by atoms with Crippen LogP contribution in [0.25, 0.3) is 10.8 Å². The number of carboxylic acid groups (broad SMARTS) is 1. The Morgan fingerprint density at radius 3 is 2.77 bits per heavy atom. The van der Waals surface area contributed by atoms with Gasteiger partial charge in [0.2, 0.25) is 11.6 Å². The molecule has 1 amide bonds. The van der Waals surface area contributed by atoms with Crippen molar-refractivity contribution in [3.8, 4) is 0 Å². The van der Waals surface area contributed by atoms with E-state index in [0.29, 0.717) is 23.4 Å². The minimum atomic E-state index is -1.33. The molecule has 0 bridgehead atoms. The second-order valence-electron chi connectivity index (χ2n) is 8.84. The summed E-state index contributed by atoms with van der Waals surface area (Å²) in [5.74, 6) is -1.06. The van der Waals surface area contributed by atoms with Crippen molar-refractivity contribution < 1.29 is 29.3 Å². The average Bonchev–Trinajstić information content (AvgIpc) is 3.45. The van der Waals surface area contributed by atoms with E-state index in [1.807, 2.05) is 29.2 Å². The van der Waals surface area contributed by atoms with Crippen molar-refractivity contribution in [1.29, 1.82) is 0 Å². The molecule has 6 rings (SSSR count). The highest BCUT2D eigenvalue weighted by Crippen LogP contribution is 2.55. The van der Waals surface area contributed by atoms with Gasteiger partial charge in [-0.05, 0) is 19.1 Å². The molecule has 11 heteroatoms. The molecule has 0 radical (unpaired) electrons. The van der Waals surface area contributed by atoms with Crippen LogP contribution in [0.2, 0.25) is 0 Å². The number of ketones is 2. The van der Waals surface area contributed by atoms with Gasteiger partial charge in [-0.2, -0.15) is 0 Å². The van der Waals surface area contributed by atoms with Gasteiger partial charge >= 0.3 is 6.09 Å². The Hall–Kier alpha value is -3.80. The fraction of sp³-hybridized carbons (Fsp3) is 0.333. The number of nitrogens with zero attached hydrogens (tertiary/aromatic N) is 2. The summed E-state index contributed by atoms with van der Waals surface area (Å²) in [5.41, 5.74) is 5.19. The number of allylic oxidation sites excluding steroid dienone is 2. The molecule has 1 aromatic heterocycles. The molecule has 4 atom stereocenters. The number of carbonyl (C=O) groups is 3. The molecule has 0 saturated carbocycles. The van der Waals surface area contributed by atoms with E-state index in [1.165, 1.54) is 0 Å². The monoisotopic (exact) mass is 479 g/mol. The molecule has 35 heavy (non-hydrogen) atoms. The zero-order chi connectivity index (χ0) is 25.1. The predicted molar refractivity (Wildman–Crippen MR) is 125 cm³/mol. The zero-order valence-electron chi connectivity index (χ0n) is 19.1. The topological polar surface area (TPSA) is 177 Å². The number of carbonyl (C=O) groups excluding carboxylic acids is 2. The number of ether oxygens (including phenoxy) is 1. The lowest BCUT2D eigenvalue weighted by Gasteiger charge is -2.39. The highest BCUT2D eigenvalue weighted by molar-refractivity contribution is 6.27. The summed E-state index contributed by atoms with van der Waals surface area (Å²) in [5, 5.41) is 25.9. The number of nitrogens with one attached hydrogen (secondary N) is 2. The first-order valence-corrected chi connectivity index (χ1v) is 11.1. The van der Waals surface area contributed by atoms with Crippen LogP contribution in [0, 0.1) is 5.92 Å². The molecule has 6 N–H and O–H groups in total. The van der Waals surface area contributed by atoms with Gasteiger partial charge in [-0.15, -0.1) is 0 Å². The molecule has 11 nitrogen and oxygen atoms in total. The Labute approximate surface area is 200 Å². The Morgan fingerprint density at radius 1 is 1.34 bits per heavy atom. The quantitative estimate of drug-likeness (QED) is 0.308. The number of primary amides is 1. The number of nitrogens with two attached hydrogens (primary N) is 1. The number of piperazine rings is 1. The minimum absolute atomic E-state index is 0.0110. The summed E-state index contributed by atoms with van der Waals surface area (Å²) < 4.78 is 5.93. The van der Waals surface area contributed by atoms with Crippen molar-refractivity contribution in [3.05, 3.63) is 59.2 Å². The number of hydrogen-bond donors (Lipinski definition) is 5. The second-order valence-corrected chi connectivity index (χ2v) is 8.84. The van der Waals surface area contributed by atoms with E-state index in [2.05, 4.69) is 21.4 Å². The number of pyridine rings is 1. The molecular formula is C24H25N5O6. The first kappa shape index (κ1) is 23.0. The first-order valence-electron chi connectivity index (χ1n) is 11.1. The van der Waals surface area contributed by atoms with Crippen LogP contribution in [0.3, 0.4) is 0 Å². The van der Waals surface area contributed by atoms with Crippen LogP contribution in [-0.4, -0.2) is 75.8 Å². The molecule has 2 fully saturated rings. The zero-order valence-corrected chi connectivity index (χ0v) is 19.1. The number of hydrogen-bond acceptors (Lipinski definition) is 9. The van der Waals surface area contributed by atoms with Gasteiger partial charge in [0, 0.05) is 59.7 Å². The van der Waals surface area contributed by atoms with Crippen LogP contribution >= 0.6 is 0 Å². The molecule has 4 heterocycles. The van der Waals surface area contributed by atoms with Gasteiger partial charge in [0.1, 0.15) is 0 Å². The summed E-state index contributed by atoms with van der Waals surface area (Å²) >= 11 is 0. The molecule has 4 unspecified atom stereocenters. The number of aliphatic hydroxyl groups excluding tert-OH is 1. The van der Waals surface area contributed by atoms with Gasteiger partial charge in [0.25, 0.3) is 0 Å².